The molecular weight excluding hydrogens is 791 g/mol. The van der Waals surface area contributed by atoms with E-state index in [0.29, 0.717) is 36.1 Å². The van der Waals surface area contributed by atoms with Crippen molar-refractivity contribution in [3.63, 3.8) is 0 Å². The number of aromatic nitrogens is 1. The van der Waals surface area contributed by atoms with E-state index in [9.17, 15) is 4.79 Å². The number of hydrogen-bond acceptors (Lipinski definition) is 3. The third-order valence-corrected chi connectivity index (χ3v) is 10.7. The van der Waals surface area contributed by atoms with Gasteiger partial charge >= 0.3 is 0 Å². The maximum Gasteiger partial charge on any atom is 0.261 e. The average Bonchev–Trinajstić information content (AvgIpc) is 3.16. The van der Waals surface area contributed by atoms with Crippen LogP contribution in [0.3, 0.4) is 0 Å². The number of nitrogens with zero attached hydrogens (tertiary/aromatic N) is 1. The third-order valence-electron chi connectivity index (χ3n) is 10.4. The molecule has 0 fully saturated rings. The summed E-state index contributed by atoms with van der Waals surface area (Å²) in [5.74, 6) is 1.21. The molecule has 0 saturated heterocycles. The van der Waals surface area contributed by atoms with Gasteiger partial charge in [-0.1, -0.05) is 186 Å². The molecule has 0 bridgehead atoms. The van der Waals surface area contributed by atoms with Crippen molar-refractivity contribution in [3.8, 4) is 11.5 Å². The van der Waals surface area contributed by atoms with Crippen molar-refractivity contribution in [2.75, 3.05) is 6.61 Å². The molecule has 1 unspecified atom stereocenters. The molecule has 0 radical (unpaired) electrons. The number of amides is 1. The summed E-state index contributed by atoms with van der Waals surface area (Å²) in [6.45, 7) is 8.67. The normalized spacial score (nSPS) is 11.6. The molecular formula is C46H78ClIN2O3. The zero-order chi connectivity index (χ0) is 37.3. The van der Waals surface area contributed by atoms with Gasteiger partial charge in [-0.15, -0.1) is 0 Å². The van der Waals surface area contributed by atoms with Crippen molar-refractivity contribution in [1.29, 1.82) is 0 Å². The number of pyridine rings is 1. The van der Waals surface area contributed by atoms with Crippen molar-refractivity contribution in [2.45, 2.75) is 213 Å². The number of unbranched alkanes of at least 4 members (excludes halogenated alkanes) is 24. The highest BCUT2D eigenvalue weighted by atomic mass is 127. The Bertz CT molecular complexity index is 1150. The minimum Gasteiger partial charge on any atom is -1.00 e. The van der Waals surface area contributed by atoms with Crippen LogP contribution in [0.15, 0.2) is 42.6 Å². The van der Waals surface area contributed by atoms with E-state index in [2.05, 4.69) is 36.7 Å². The van der Waals surface area contributed by atoms with Gasteiger partial charge in [-0.3, -0.25) is 4.79 Å². The smallest absolute Gasteiger partial charge is 0.261 e. The van der Waals surface area contributed by atoms with Crippen molar-refractivity contribution < 1.29 is 42.8 Å². The first-order valence-corrected chi connectivity index (χ1v) is 22.3. The number of carbonyl (C=O) groups is 1. The molecule has 1 aromatic carbocycles. The fourth-order valence-electron chi connectivity index (χ4n) is 7.00. The largest absolute Gasteiger partial charge is 1.00 e. The number of benzene rings is 1. The zero-order valence-corrected chi connectivity index (χ0v) is 37.2. The number of halogens is 2. The Morgan fingerprint density at radius 3 is 1.64 bits per heavy atom. The molecule has 1 amide bonds. The Kier molecular flexibility index (Phi) is 32.6. The van der Waals surface area contributed by atoms with Gasteiger partial charge in [0.05, 0.1) is 11.6 Å². The first kappa shape index (κ1) is 49.5. The Balaban J connectivity index is 0.0000140. The molecule has 304 valence electrons. The lowest BCUT2D eigenvalue weighted by Gasteiger charge is -2.19. The van der Waals surface area contributed by atoms with E-state index in [1.54, 1.807) is 6.07 Å². The maximum absolute atomic E-state index is 13.5. The molecule has 0 saturated carbocycles. The molecule has 5 nitrogen and oxygen atoms in total. The number of rotatable bonds is 35. The molecule has 2 aromatic rings. The van der Waals surface area contributed by atoms with Gasteiger partial charge in [-0.25, -0.2) is 4.57 Å². The summed E-state index contributed by atoms with van der Waals surface area (Å²) in [6.07, 6.45) is 36.3. The highest BCUT2D eigenvalue weighted by Gasteiger charge is 2.22. The number of nitrogens with one attached hydrogen (secondary N) is 1. The van der Waals surface area contributed by atoms with E-state index in [4.69, 9.17) is 21.1 Å². The summed E-state index contributed by atoms with van der Waals surface area (Å²) in [4.78, 5) is 13.5. The molecule has 1 aromatic heterocycles. The van der Waals surface area contributed by atoms with E-state index in [1.807, 2.05) is 30.5 Å². The summed E-state index contributed by atoms with van der Waals surface area (Å²) in [6, 6.07) is 11.7. The van der Waals surface area contributed by atoms with Gasteiger partial charge in [0.25, 0.3) is 5.91 Å². The van der Waals surface area contributed by atoms with Crippen molar-refractivity contribution in [3.05, 3.63) is 53.3 Å². The fourth-order valence-corrected chi connectivity index (χ4v) is 7.23. The van der Waals surface area contributed by atoms with Gasteiger partial charge in [0, 0.05) is 18.2 Å². The van der Waals surface area contributed by atoms with Crippen LogP contribution in [0, 0.1) is 0 Å². The molecule has 0 spiro atoms. The van der Waals surface area contributed by atoms with Gasteiger partial charge in [0.15, 0.2) is 12.3 Å². The number of ether oxygens (including phenoxy) is 2. The van der Waals surface area contributed by atoms with E-state index >= 15 is 0 Å². The van der Waals surface area contributed by atoms with Crippen LogP contribution in [0.4, 0.5) is 0 Å². The minimum absolute atomic E-state index is 0. The molecule has 0 aliphatic carbocycles. The predicted molar refractivity (Wildman–Crippen MR) is 222 cm³/mol. The average molecular weight is 869 g/mol. The molecule has 1 N–H and O–H groups in total. The highest BCUT2D eigenvalue weighted by Crippen LogP contribution is 2.30. The molecule has 2 rings (SSSR count). The van der Waals surface area contributed by atoms with Crippen LogP contribution >= 0.6 is 11.6 Å². The molecule has 0 aliphatic rings. The Morgan fingerprint density at radius 2 is 1.15 bits per heavy atom. The lowest BCUT2D eigenvalue weighted by molar-refractivity contribution is -0.701. The summed E-state index contributed by atoms with van der Waals surface area (Å²) in [5.41, 5.74) is 1.08. The van der Waals surface area contributed by atoms with Crippen molar-refractivity contribution >= 4 is 17.5 Å². The monoisotopic (exact) mass is 868 g/mol. The van der Waals surface area contributed by atoms with Crippen molar-refractivity contribution in [1.82, 2.24) is 5.32 Å². The predicted octanol–water partition coefficient (Wildman–Crippen LogP) is 10.7. The lowest BCUT2D eigenvalue weighted by atomic mass is 10.0. The number of hydrogen-bond donors (Lipinski definition) is 1. The standard InChI is InChI=1S/C46H77ClN2O3.HI/c1-4-7-9-11-13-15-17-19-20-21-23-25-27-29-34-45(46(50)48-40-41-33-30-31-37-49(41)6-3)52-42-35-36-44(43(47)39-42)51-38-32-28-26-24-22-18-16-14-12-10-8-5-2;/h30-31,33,35-37,39,45H,4-29,32,34,38,40H2,1-3H3;1H. The van der Waals surface area contributed by atoms with E-state index in [0.717, 1.165) is 31.5 Å². The van der Waals surface area contributed by atoms with Gasteiger partial charge < -0.3 is 38.8 Å². The van der Waals surface area contributed by atoms with Crippen LogP contribution < -0.4 is 43.3 Å². The van der Waals surface area contributed by atoms with E-state index < -0.39 is 6.10 Å². The Morgan fingerprint density at radius 1 is 0.660 bits per heavy atom. The fraction of sp³-hybridized carbons (Fsp3) is 0.739. The van der Waals surface area contributed by atoms with Crippen LogP contribution in [0.25, 0.3) is 0 Å². The Hall–Kier alpha value is -1.54. The van der Waals surface area contributed by atoms with Crippen molar-refractivity contribution in [2.24, 2.45) is 0 Å². The lowest BCUT2D eigenvalue weighted by Crippen LogP contribution is -3.00. The van der Waals surface area contributed by atoms with Gasteiger partial charge in [0.2, 0.25) is 5.69 Å². The SMILES string of the molecule is CCCCCCCCCCCCCCCCC(Oc1ccc(OCCCCCCCCCCCCCC)c(Cl)c1)C(=O)NCc1cccc[n+]1CC.[I-]. The van der Waals surface area contributed by atoms with Gasteiger partial charge in [-0.05, 0) is 38.3 Å². The second kappa shape index (κ2) is 34.9. The molecule has 0 aliphatic heterocycles. The first-order chi connectivity index (χ1) is 25.6. The van der Waals surface area contributed by atoms with E-state index in [-0.39, 0.29) is 29.9 Å². The maximum atomic E-state index is 13.5. The number of carbonyl (C=O) groups excluding carboxylic acids is 1. The molecule has 53 heavy (non-hydrogen) atoms. The molecule has 1 heterocycles. The first-order valence-electron chi connectivity index (χ1n) is 21.9. The topological polar surface area (TPSA) is 51.4 Å². The van der Waals surface area contributed by atoms with Crippen LogP contribution in [0.2, 0.25) is 5.02 Å². The minimum atomic E-state index is -0.569. The van der Waals surface area contributed by atoms with Gasteiger partial charge in [0.1, 0.15) is 24.6 Å². The van der Waals surface area contributed by atoms with E-state index in [1.165, 1.54) is 148 Å². The second-order valence-electron chi connectivity index (χ2n) is 15.0. The van der Waals surface area contributed by atoms with Crippen LogP contribution in [-0.4, -0.2) is 18.6 Å². The number of aryl methyl sites for hydroxylation is 1. The van der Waals surface area contributed by atoms with Gasteiger partial charge in [-0.2, -0.15) is 0 Å². The third kappa shape index (κ3) is 25.3. The quantitative estimate of drug-likeness (QED) is 0.0427. The van der Waals surface area contributed by atoms with Crippen LogP contribution in [0.5, 0.6) is 11.5 Å². The Labute approximate surface area is 348 Å². The molecule has 1 atom stereocenters. The summed E-state index contributed by atoms with van der Waals surface area (Å²) < 4.78 is 14.5. The zero-order valence-electron chi connectivity index (χ0n) is 34.3. The van der Waals surface area contributed by atoms with Crippen LogP contribution in [0.1, 0.15) is 200 Å². The summed E-state index contributed by atoms with van der Waals surface area (Å²) in [7, 11) is 0. The summed E-state index contributed by atoms with van der Waals surface area (Å²) in [5, 5.41) is 3.67. The molecule has 7 heteroatoms. The second-order valence-corrected chi connectivity index (χ2v) is 15.4. The highest BCUT2D eigenvalue weighted by molar-refractivity contribution is 6.32. The summed E-state index contributed by atoms with van der Waals surface area (Å²) >= 11 is 6.65. The van der Waals surface area contributed by atoms with Crippen LogP contribution in [-0.2, 0) is 17.9 Å².